The lowest BCUT2D eigenvalue weighted by molar-refractivity contribution is -0.136. The number of piperidine rings is 1. The number of rotatable bonds is 9. The van der Waals surface area contributed by atoms with Gasteiger partial charge >= 0.3 is 0 Å². The Bertz CT molecular complexity index is 748. The molecular weight excluding hydrogens is 358 g/mol. The van der Waals surface area contributed by atoms with E-state index in [4.69, 9.17) is 0 Å². The molecular formula is C21H31N3O2S. The lowest BCUT2D eigenvalue weighted by atomic mass is 10.00. The molecule has 0 radical (unpaired) electrons. The molecule has 3 rings (SSSR count). The first-order valence-corrected chi connectivity index (χ1v) is 11.2. The van der Waals surface area contributed by atoms with Gasteiger partial charge < -0.3 is 15.0 Å². The number of likely N-dealkylation sites (N-methyl/N-ethyl adjacent to an activating group) is 1. The average molecular weight is 390 g/mol. The molecule has 1 aliphatic heterocycles. The van der Waals surface area contributed by atoms with Gasteiger partial charge in [-0.2, -0.15) is 11.8 Å². The van der Waals surface area contributed by atoms with E-state index < -0.39 is 0 Å². The van der Waals surface area contributed by atoms with Crippen molar-refractivity contribution in [3.63, 3.8) is 0 Å². The summed E-state index contributed by atoms with van der Waals surface area (Å²) in [5.74, 6) is 1.27. The number of carbonyl (C=O) groups excluding carboxylic acids is 1. The zero-order chi connectivity index (χ0) is 19.2. The van der Waals surface area contributed by atoms with E-state index >= 15 is 0 Å². The molecule has 0 spiro atoms. The van der Waals surface area contributed by atoms with E-state index in [1.165, 1.54) is 10.9 Å². The number of nitrogens with zero attached hydrogens (tertiary/aromatic N) is 2. The molecule has 0 aliphatic carbocycles. The predicted molar refractivity (Wildman–Crippen MR) is 113 cm³/mol. The number of hydrogen-bond donors (Lipinski definition) is 2. The number of aromatic nitrogens is 1. The Kier molecular flexibility index (Phi) is 7.21. The molecule has 1 aliphatic rings. The number of fused-ring (bicyclic) bond motifs is 1. The van der Waals surface area contributed by atoms with E-state index in [1.54, 1.807) is 11.8 Å². The second kappa shape index (κ2) is 9.62. The molecule has 2 atom stereocenters. The highest BCUT2D eigenvalue weighted by Gasteiger charge is 2.30. The smallest absolute Gasteiger partial charge is 0.224 e. The first kappa shape index (κ1) is 20.2. The van der Waals surface area contributed by atoms with Crippen molar-refractivity contribution in [2.24, 2.45) is 0 Å². The molecule has 5 nitrogen and oxygen atoms in total. The Hall–Kier alpha value is -1.50. The first-order valence-electron chi connectivity index (χ1n) is 9.78. The fraction of sp³-hybridized carbons (Fsp3) is 0.571. The van der Waals surface area contributed by atoms with Crippen molar-refractivity contribution in [3.8, 4) is 0 Å². The number of hydrogen-bond acceptors (Lipinski definition) is 4. The Morgan fingerprint density at radius 3 is 2.96 bits per heavy atom. The standard InChI is InChI=1S/C21H31N3O2S/c1-23(18(15-25)9-12-27-2)17-8-11-24(21(26)13-17)10-7-16-14-22-20-6-4-3-5-19(16)20/h3-6,14,17-18,22,25H,7-13,15H2,1-2H3. The van der Waals surface area contributed by atoms with Gasteiger partial charge in [-0.1, -0.05) is 18.2 Å². The lowest BCUT2D eigenvalue weighted by Gasteiger charge is -2.39. The molecule has 1 amide bonds. The second-order valence-corrected chi connectivity index (χ2v) is 8.41. The Labute approximate surface area is 166 Å². The van der Waals surface area contributed by atoms with E-state index in [1.807, 2.05) is 11.0 Å². The number of para-hydroxylation sites is 1. The van der Waals surface area contributed by atoms with Crippen molar-refractivity contribution >= 4 is 28.6 Å². The van der Waals surface area contributed by atoms with Crippen LogP contribution in [-0.2, 0) is 11.2 Å². The maximum atomic E-state index is 12.7. The van der Waals surface area contributed by atoms with Gasteiger partial charge in [0.25, 0.3) is 0 Å². The van der Waals surface area contributed by atoms with Gasteiger partial charge in [0.15, 0.2) is 0 Å². The van der Waals surface area contributed by atoms with Gasteiger partial charge in [0, 0.05) is 48.7 Å². The summed E-state index contributed by atoms with van der Waals surface area (Å²) in [5.41, 5.74) is 2.43. The van der Waals surface area contributed by atoms with Crippen molar-refractivity contribution in [3.05, 3.63) is 36.0 Å². The highest BCUT2D eigenvalue weighted by atomic mass is 32.2. The molecule has 148 valence electrons. The summed E-state index contributed by atoms with van der Waals surface area (Å²) in [6.07, 6.45) is 7.52. The maximum Gasteiger partial charge on any atom is 0.224 e. The number of nitrogens with one attached hydrogen (secondary N) is 1. The van der Waals surface area contributed by atoms with Gasteiger partial charge in [-0.05, 0) is 49.9 Å². The van der Waals surface area contributed by atoms with E-state index in [0.29, 0.717) is 6.42 Å². The van der Waals surface area contributed by atoms with Crippen LogP contribution < -0.4 is 0 Å². The van der Waals surface area contributed by atoms with Crippen LogP contribution in [0.25, 0.3) is 10.9 Å². The van der Waals surface area contributed by atoms with Crippen molar-refractivity contribution in [1.82, 2.24) is 14.8 Å². The minimum Gasteiger partial charge on any atom is -0.395 e. The molecule has 1 saturated heterocycles. The van der Waals surface area contributed by atoms with Gasteiger partial charge in [0.2, 0.25) is 5.91 Å². The number of amides is 1. The van der Waals surface area contributed by atoms with E-state index in [9.17, 15) is 9.90 Å². The molecule has 1 aromatic carbocycles. The van der Waals surface area contributed by atoms with Crippen molar-refractivity contribution in [2.45, 2.75) is 37.8 Å². The Morgan fingerprint density at radius 1 is 1.41 bits per heavy atom. The summed E-state index contributed by atoms with van der Waals surface area (Å²) >= 11 is 1.80. The van der Waals surface area contributed by atoms with Crippen LogP contribution in [0, 0.1) is 0 Å². The number of aliphatic hydroxyl groups is 1. The summed E-state index contributed by atoms with van der Waals surface area (Å²) < 4.78 is 0. The normalized spacial score (nSPS) is 19.2. The topological polar surface area (TPSA) is 59.6 Å². The van der Waals surface area contributed by atoms with Crippen LogP contribution in [0.2, 0.25) is 0 Å². The first-order chi connectivity index (χ1) is 13.1. The van der Waals surface area contributed by atoms with Crippen LogP contribution >= 0.6 is 11.8 Å². The molecule has 1 aromatic heterocycles. The fourth-order valence-electron chi connectivity index (χ4n) is 4.02. The largest absolute Gasteiger partial charge is 0.395 e. The van der Waals surface area contributed by atoms with Crippen molar-refractivity contribution in [1.29, 1.82) is 0 Å². The molecule has 6 heteroatoms. The summed E-state index contributed by atoms with van der Waals surface area (Å²) in [6, 6.07) is 8.69. The predicted octanol–water partition coefficient (Wildman–Crippen LogP) is 2.75. The lowest BCUT2D eigenvalue weighted by Crippen LogP contribution is -2.50. The van der Waals surface area contributed by atoms with Crippen LogP contribution in [0.5, 0.6) is 0 Å². The number of carbonyl (C=O) groups is 1. The highest BCUT2D eigenvalue weighted by Crippen LogP contribution is 2.22. The number of benzene rings is 1. The minimum atomic E-state index is 0.146. The summed E-state index contributed by atoms with van der Waals surface area (Å²) in [7, 11) is 2.06. The van der Waals surface area contributed by atoms with Crippen LogP contribution in [0.3, 0.4) is 0 Å². The third-order valence-corrected chi connectivity index (χ3v) is 6.48. The zero-order valence-corrected chi connectivity index (χ0v) is 17.2. The summed E-state index contributed by atoms with van der Waals surface area (Å²) in [4.78, 5) is 20.2. The van der Waals surface area contributed by atoms with Crippen molar-refractivity contribution in [2.75, 3.05) is 38.8 Å². The van der Waals surface area contributed by atoms with Gasteiger partial charge in [0.1, 0.15) is 0 Å². The molecule has 0 bridgehead atoms. The van der Waals surface area contributed by atoms with Crippen molar-refractivity contribution < 1.29 is 9.90 Å². The van der Waals surface area contributed by atoms with Crippen LogP contribution in [0.15, 0.2) is 30.5 Å². The zero-order valence-electron chi connectivity index (χ0n) is 16.4. The van der Waals surface area contributed by atoms with Crippen LogP contribution in [0.4, 0.5) is 0 Å². The number of aromatic amines is 1. The van der Waals surface area contributed by atoms with Gasteiger partial charge in [-0.3, -0.25) is 9.69 Å². The van der Waals surface area contributed by atoms with Gasteiger partial charge in [0.05, 0.1) is 6.61 Å². The fourth-order valence-corrected chi connectivity index (χ4v) is 4.52. The summed E-state index contributed by atoms with van der Waals surface area (Å²) in [5, 5.41) is 10.9. The quantitative estimate of drug-likeness (QED) is 0.692. The minimum absolute atomic E-state index is 0.146. The average Bonchev–Trinajstić information content (AvgIpc) is 3.10. The number of aliphatic hydroxyl groups excluding tert-OH is 1. The van der Waals surface area contributed by atoms with E-state index in [0.717, 1.165) is 43.6 Å². The monoisotopic (exact) mass is 389 g/mol. The Balaban J connectivity index is 1.53. The highest BCUT2D eigenvalue weighted by molar-refractivity contribution is 7.98. The SMILES string of the molecule is CSCCC(CO)N(C)C1CCN(CCc2c[nH]c3ccccc23)C(=O)C1. The molecule has 2 aromatic rings. The molecule has 27 heavy (non-hydrogen) atoms. The number of thioether (sulfide) groups is 1. The van der Waals surface area contributed by atoms with Gasteiger partial charge in [-0.15, -0.1) is 0 Å². The second-order valence-electron chi connectivity index (χ2n) is 7.42. The summed E-state index contributed by atoms with van der Waals surface area (Å²) in [6.45, 7) is 1.73. The van der Waals surface area contributed by atoms with Crippen LogP contribution in [0.1, 0.15) is 24.8 Å². The third-order valence-electron chi connectivity index (χ3n) is 5.84. The number of likely N-dealkylation sites (tertiary alicyclic amines) is 1. The molecule has 0 saturated carbocycles. The maximum absolute atomic E-state index is 12.7. The van der Waals surface area contributed by atoms with E-state index in [-0.39, 0.29) is 24.6 Å². The molecule has 1 fully saturated rings. The third kappa shape index (κ3) is 4.86. The molecule has 2 unspecified atom stereocenters. The van der Waals surface area contributed by atoms with Gasteiger partial charge in [-0.25, -0.2) is 0 Å². The van der Waals surface area contributed by atoms with E-state index in [2.05, 4.69) is 47.6 Å². The Morgan fingerprint density at radius 2 is 2.22 bits per heavy atom. The van der Waals surface area contributed by atoms with Crippen LogP contribution in [-0.4, -0.2) is 76.6 Å². The number of H-pyrrole nitrogens is 1. The molecule has 2 heterocycles. The molecule has 2 N–H and O–H groups in total.